The molecular weight excluding hydrogens is 236 g/mol. The van der Waals surface area contributed by atoms with Gasteiger partial charge in [0.25, 0.3) is 5.69 Å². The number of hydrogen-bond donors (Lipinski definition) is 2. The minimum absolute atomic E-state index is 0.0116. The van der Waals surface area contributed by atoms with E-state index in [1.54, 1.807) is 13.0 Å². The lowest BCUT2D eigenvalue weighted by Crippen LogP contribution is -2.42. The monoisotopic (exact) mass is 250 g/mol. The summed E-state index contributed by atoms with van der Waals surface area (Å²) in [6.45, 7) is 2.23. The van der Waals surface area contributed by atoms with E-state index >= 15 is 0 Å². The summed E-state index contributed by atoms with van der Waals surface area (Å²) in [5, 5.41) is 16.6. The second-order valence-electron chi connectivity index (χ2n) is 4.30. The van der Waals surface area contributed by atoms with E-state index in [2.05, 4.69) is 15.6 Å². The first-order chi connectivity index (χ1) is 8.56. The number of rotatable bonds is 3. The molecular formula is C11H14N4O3. The van der Waals surface area contributed by atoms with E-state index in [0.717, 1.165) is 6.42 Å². The van der Waals surface area contributed by atoms with Crippen LogP contribution in [0.5, 0.6) is 0 Å². The van der Waals surface area contributed by atoms with Crippen LogP contribution in [-0.2, 0) is 4.79 Å². The first-order valence-corrected chi connectivity index (χ1v) is 5.70. The number of nitro groups is 1. The Morgan fingerprint density at radius 3 is 2.94 bits per heavy atom. The van der Waals surface area contributed by atoms with Crippen molar-refractivity contribution >= 4 is 17.4 Å². The molecule has 2 heterocycles. The predicted octanol–water partition coefficient (Wildman–Crippen LogP) is 0.989. The number of nitrogens with zero attached hydrogens (tertiary/aromatic N) is 2. The molecule has 1 atom stereocenters. The zero-order valence-corrected chi connectivity index (χ0v) is 9.97. The standard InChI is InChI=1S/C11H14N4O3/c1-7-4-10(12-6-9(7)15(17)18)14-8-2-3-11(16)13-5-8/h4,6,8H,2-3,5H2,1H3,(H,12,14)(H,13,16). The van der Waals surface area contributed by atoms with Crippen molar-refractivity contribution in [1.82, 2.24) is 10.3 Å². The van der Waals surface area contributed by atoms with Crippen LogP contribution in [0.4, 0.5) is 11.5 Å². The van der Waals surface area contributed by atoms with Crippen LogP contribution in [0, 0.1) is 17.0 Å². The Balaban J connectivity index is 2.04. The molecule has 0 radical (unpaired) electrons. The molecule has 0 bridgehead atoms. The zero-order chi connectivity index (χ0) is 13.1. The number of nitrogens with one attached hydrogen (secondary N) is 2. The van der Waals surface area contributed by atoms with Gasteiger partial charge in [0.15, 0.2) is 0 Å². The minimum Gasteiger partial charge on any atom is -0.366 e. The quantitative estimate of drug-likeness (QED) is 0.615. The lowest BCUT2D eigenvalue weighted by atomic mass is 10.1. The molecule has 1 aliphatic rings. The van der Waals surface area contributed by atoms with Gasteiger partial charge in [-0.05, 0) is 19.4 Å². The normalized spacial score (nSPS) is 19.2. The summed E-state index contributed by atoms with van der Waals surface area (Å²) in [7, 11) is 0. The summed E-state index contributed by atoms with van der Waals surface area (Å²) in [4.78, 5) is 25.2. The van der Waals surface area contributed by atoms with Crippen molar-refractivity contribution in [1.29, 1.82) is 0 Å². The number of pyridine rings is 1. The molecule has 1 fully saturated rings. The van der Waals surface area contributed by atoms with E-state index in [1.807, 2.05) is 0 Å². The van der Waals surface area contributed by atoms with Crippen LogP contribution >= 0.6 is 0 Å². The predicted molar refractivity (Wildman–Crippen MR) is 65.3 cm³/mol. The highest BCUT2D eigenvalue weighted by molar-refractivity contribution is 5.77. The average molecular weight is 250 g/mol. The van der Waals surface area contributed by atoms with E-state index in [0.29, 0.717) is 24.3 Å². The largest absolute Gasteiger partial charge is 0.366 e. The summed E-state index contributed by atoms with van der Waals surface area (Å²) in [6, 6.07) is 1.77. The highest BCUT2D eigenvalue weighted by atomic mass is 16.6. The summed E-state index contributed by atoms with van der Waals surface area (Å²) in [6.07, 6.45) is 2.48. The maximum atomic E-state index is 11.0. The number of aromatic nitrogens is 1. The minimum atomic E-state index is -0.451. The Kier molecular flexibility index (Phi) is 3.40. The molecule has 96 valence electrons. The Morgan fingerprint density at radius 1 is 1.61 bits per heavy atom. The van der Waals surface area contributed by atoms with Crippen LogP contribution in [0.1, 0.15) is 18.4 Å². The number of aryl methyl sites for hydroxylation is 1. The van der Waals surface area contributed by atoms with Gasteiger partial charge in [-0.2, -0.15) is 0 Å². The fourth-order valence-corrected chi connectivity index (χ4v) is 1.88. The van der Waals surface area contributed by atoms with E-state index < -0.39 is 4.92 Å². The van der Waals surface area contributed by atoms with Crippen LogP contribution in [0.3, 0.4) is 0 Å². The number of piperidine rings is 1. The number of anilines is 1. The van der Waals surface area contributed by atoms with Gasteiger partial charge in [-0.25, -0.2) is 4.98 Å². The Morgan fingerprint density at radius 2 is 2.39 bits per heavy atom. The molecule has 1 aromatic heterocycles. The smallest absolute Gasteiger partial charge is 0.290 e. The van der Waals surface area contributed by atoms with E-state index in [4.69, 9.17) is 0 Å². The first-order valence-electron chi connectivity index (χ1n) is 5.70. The second-order valence-corrected chi connectivity index (χ2v) is 4.30. The zero-order valence-electron chi connectivity index (χ0n) is 9.97. The van der Waals surface area contributed by atoms with Crippen LogP contribution in [0.25, 0.3) is 0 Å². The molecule has 0 spiro atoms. The molecule has 1 saturated heterocycles. The van der Waals surface area contributed by atoms with E-state index in [1.165, 1.54) is 6.20 Å². The molecule has 1 unspecified atom stereocenters. The number of amides is 1. The molecule has 18 heavy (non-hydrogen) atoms. The van der Waals surface area contributed by atoms with Gasteiger partial charge in [-0.1, -0.05) is 0 Å². The average Bonchev–Trinajstić information content (AvgIpc) is 2.32. The van der Waals surface area contributed by atoms with Gasteiger partial charge in [-0.3, -0.25) is 14.9 Å². The van der Waals surface area contributed by atoms with Gasteiger partial charge in [0, 0.05) is 24.6 Å². The van der Waals surface area contributed by atoms with Crippen LogP contribution in [0.15, 0.2) is 12.3 Å². The van der Waals surface area contributed by atoms with Crippen molar-refractivity contribution in [3.05, 3.63) is 27.9 Å². The van der Waals surface area contributed by atoms with Gasteiger partial charge >= 0.3 is 0 Å². The van der Waals surface area contributed by atoms with Gasteiger partial charge in [0.1, 0.15) is 12.0 Å². The lowest BCUT2D eigenvalue weighted by Gasteiger charge is -2.23. The molecule has 7 nitrogen and oxygen atoms in total. The van der Waals surface area contributed by atoms with Gasteiger partial charge in [-0.15, -0.1) is 0 Å². The molecule has 1 aromatic rings. The fraction of sp³-hybridized carbons (Fsp3) is 0.455. The first kappa shape index (κ1) is 12.3. The van der Waals surface area contributed by atoms with Crippen molar-refractivity contribution in [2.75, 3.05) is 11.9 Å². The SMILES string of the molecule is Cc1cc(NC2CCC(=O)NC2)ncc1[N+](=O)[O-]. The third-order valence-corrected chi connectivity index (χ3v) is 2.90. The van der Waals surface area contributed by atoms with E-state index in [9.17, 15) is 14.9 Å². The second kappa shape index (κ2) is 4.99. The molecule has 2 rings (SSSR count). The summed E-state index contributed by atoms with van der Waals surface area (Å²) < 4.78 is 0. The molecule has 0 aromatic carbocycles. The molecule has 0 saturated carbocycles. The Hall–Kier alpha value is -2.18. The van der Waals surface area contributed by atoms with Gasteiger partial charge in [0.05, 0.1) is 4.92 Å². The van der Waals surface area contributed by atoms with Crippen molar-refractivity contribution in [3.8, 4) is 0 Å². The molecule has 1 aliphatic heterocycles. The summed E-state index contributed by atoms with van der Waals surface area (Å²) in [5.41, 5.74) is 0.579. The Labute approximate surface area is 104 Å². The molecule has 7 heteroatoms. The van der Waals surface area contributed by atoms with Gasteiger partial charge in [0.2, 0.25) is 5.91 Å². The van der Waals surface area contributed by atoms with Crippen molar-refractivity contribution < 1.29 is 9.72 Å². The van der Waals surface area contributed by atoms with Crippen LogP contribution in [-0.4, -0.2) is 28.4 Å². The van der Waals surface area contributed by atoms with Crippen LogP contribution < -0.4 is 10.6 Å². The Bertz CT molecular complexity index is 479. The van der Waals surface area contributed by atoms with Crippen molar-refractivity contribution in [3.63, 3.8) is 0 Å². The fourth-order valence-electron chi connectivity index (χ4n) is 1.88. The number of hydrogen-bond acceptors (Lipinski definition) is 5. The molecule has 0 aliphatic carbocycles. The highest BCUT2D eigenvalue weighted by Gasteiger charge is 2.19. The lowest BCUT2D eigenvalue weighted by molar-refractivity contribution is -0.385. The topological polar surface area (TPSA) is 97.2 Å². The maximum absolute atomic E-state index is 11.0. The highest BCUT2D eigenvalue weighted by Crippen LogP contribution is 2.20. The van der Waals surface area contributed by atoms with E-state index in [-0.39, 0.29) is 17.6 Å². The van der Waals surface area contributed by atoms with Crippen LogP contribution in [0.2, 0.25) is 0 Å². The third-order valence-electron chi connectivity index (χ3n) is 2.90. The van der Waals surface area contributed by atoms with Crippen molar-refractivity contribution in [2.24, 2.45) is 0 Å². The summed E-state index contributed by atoms with van der Waals surface area (Å²) in [5.74, 6) is 0.653. The molecule has 2 N–H and O–H groups in total. The molecule has 1 amide bonds. The number of carbonyl (C=O) groups is 1. The maximum Gasteiger partial charge on any atom is 0.290 e. The number of carbonyl (C=O) groups excluding carboxylic acids is 1. The summed E-state index contributed by atoms with van der Waals surface area (Å²) >= 11 is 0. The van der Waals surface area contributed by atoms with Crippen molar-refractivity contribution in [2.45, 2.75) is 25.8 Å². The third kappa shape index (κ3) is 2.73. The van der Waals surface area contributed by atoms with Gasteiger partial charge < -0.3 is 10.6 Å².